The van der Waals surface area contributed by atoms with Crippen LogP contribution in [0.1, 0.15) is 18.0 Å². The minimum absolute atomic E-state index is 0.0822. The van der Waals surface area contributed by atoms with Crippen LogP contribution in [0.2, 0.25) is 0 Å². The van der Waals surface area contributed by atoms with Gasteiger partial charge in [0.25, 0.3) is 0 Å². The van der Waals surface area contributed by atoms with Crippen LogP contribution in [-0.4, -0.2) is 6.61 Å². The van der Waals surface area contributed by atoms with Gasteiger partial charge in [0.2, 0.25) is 0 Å². The van der Waals surface area contributed by atoms with E-state index in [0.29, 0.717) is 0 Å². The van der Waals surface area contributed by atoms with Crippen molar-refractivity contribution in [3.05, 3.63) is 36.0 Å². The number of ether oxygens (including phenoxy) is 1. The van der Waals surface area contributed by atoms with E-state index in [1.54, 1.807) is 12.5 Å². The molecule has 1 atom stereocenters. The van der Waals surface area contributed by atoms with Crippen molar-refractivity contribution in [1.29, 1.82) is 0 Å². The van der Waals surface area contributed by atoms with Gasteiger partial charge in [0, 0.05) is 12.0 Å². The molecule has 1 aromatic heterocycles. The molecule has 0 aliphatic carbocycles. The van der Waals surface area contributed by atoms with Crippen molar-refractivity contribution >= 4 is 0 Å². The highest BCUT2D eigenvalue weighted by Crippen LogP contribution is 2.25. The Morgan fingerprint density at radius 1 is 1.54 bits per heavy atom. The first-order chi connectivity index (χ1) is 6.42. The van der Waals surface area contributed by atoms with E-state index in [2.05, 4.69) is 5.43 Å². The number of rotatable bonds is 3. The molecule has 0 amide bonds. The monoisotopic (exact) mass is 180 g/mol. The van der Waals surface area contributed by atoms with E-state index in [1.165, 1.54) is 0 Å². The van der Waals surface area contributed by atoms with Gasteiger partial charge in [-0.1, -0.05) is 0 Å². The van der Waals surface area contributed by atoms with Crippen LogP contribution in [0, 0.1) is 0 Å². The van der Waals surface area contributed by atoms with Gasteiger partial charge in [-0.05, 0) is 12.1 Å². The van der Waals surface area contributed by atoms with Crippen LogP contribution >= 0.6 is 0 Å². The Hall–Kier alpha value is -1.26. The van der Waals surface area contributed by atoms with Crippen LogP contribution in [0.5, 0.6) is 0 Å². The zero-order chi connectivity index (χ0) is 9.10. The Kier molecular flexibility index (Phi) is 2.33. The second kappa shape index (κ2) is 3.64. The summed E-state index contributed by atoms with van der Waals surface area (Å²) in [5.41, 5.74) is 3.68. The van der Waals surface area contributed by atoms with Crippen molar-refractivity contribution in [1.82, 2.24) is 5.43 Å². The molecule has 0 spiro atoms. The Labute approximate surface area is 76.3 Å². The highest BCUT2D eigenvalue weighted by atomic mass is 16.5. The molecule has 13 heavy (non-hydrogen) atoms. The molecule has 0 bridgehead atoms. The predicted molar refractivity (Wildman–Crippen MR) is 47.4 cm³/mol. The molecule has 0 radical (unpaired) electrons. The van der Waals surface area contributed by atoms with E-state index in [0.717, 1.165) is 24.4 Å². The number of nitrogens with two attached hydrogens (primary N) is 1. The van der Waals surface area contributed by atoms with Crippen LogP contribution in [0.15, 0.2) is 34.8 Å². The molecular weight excluding hydrogens is 168 g/mol. The maximum atomic E-state index is 5.43. The average Bonchev–Trinajstić information content (AvgIpc) is 2.76. The van der Waals surface area contributed by atoms with Crippen LogP contribution in [-0.2, 0) is 4.74 Å². The van der Waals surface area contributed by atoms with Crippen LogP contribution in [0.3, 0.4) is 0 Å². The first kappa shape index (κ1) is 8.34. The molecule has 1 aromatic rings. The highest BCUT2D eigenvalue weighted by molar-refractivity contribution is 5.22. The molecule has 2 heterocycles. The Morgan fingerprint density at radius 2 is 2.46 bits per heavy atom. The van der Waals surface area contributed by atoms with Crippen molar-refractivity contribution in [2.45, 2.75) is 12.5 Å². The highest BCUT2D eigenvalue weighted by Gasteiger charge is 2.19. The fourth-order valence-corrected chi connectivity index (χ4v) is 1.42. The van der Waals surface area contributed by atoms with Crippen LogP contribution in [0.4, 0.5) is 0 Å². The number of hydrogen-bond donors (Lipinski definition) is 2. The zero-order valence-corrected chi connectivity index (χ0v) is 7.19. The second-order valence-electron chi connectivity index (χ2n) is 2.90. The topological polar surface area (TPSA) is 60.4 Å². The third-order valence-corrected chi connectivity index (χ3v) is 2.06. The van der Waals surface area contributed by atoms with Crippen LogP contribution < -0.4 is 11.3 Å². The normalized spacial score (nSPS) is 18.1. The van der Waals surface area contributed by atoms with Gasteiger partial charge in [-0.15, -0.1) is 0 Å². The van der Waals surface area contributed by atoms with Gasteiger partial charge in [-0.2, -0.15) is 0 Å². The molecular formula is C9H12N2O2. The van der Waals surface area contributed by atoms with Gasteiger partial charge in [0.05, 0.1) is 19.1 Å². The third kappa shape index (κ3) is 1.59. The van der Waals surface area contributed by atoms with Gasteiger partial charge in [-0.25, -0.2) is 5.43 Å². The van der Waals surface area contributed by atoms with Crippen molar-refractivity contribution < 1.29 is 9.15 Å². The summed E-state index contributed by atoms with van der Waals surface area (Å²) in [5.74, 6) is 6.31. The van der Waals surface area contributed by atoms with Crippen molar-refractivity contribution in [2.75, 3.05) is 6.61 Å². The van der Waals surface area contributed by atoms with E-state index in [9.17, 15) is 0 Å². The summed E-state index contributed by atoms with van der Waals surface area (Å²) in [6.45, 7) is 0.741. The fraction of sp³-hybridized carbons (Fsp3) is 0.333. The minimum Gasteiger partial charge on any atom is -0.496 e. The van der Waals surface area contributed by atoms with Gasteiger partial charge in [0.1, 0.15) is 11.8 Å². The summed E-state index contributed by atoms with van der Waals surface area (Å²) in [7, 11) is 0. The van der Waals surface area contributed by atoms with Gasteiger partial charge in [-0.3, -0.25) is 5.84 Å². The fourth-order valence-electron chi connectivity index (χ4n) is 1.42. The van der Waals surface area contributed by atoms with Crippen LogP contribution in [0.25, 0.3) is 0 Å². The summed E-state index contributed by atoms with van der Waals surface area (Å²) in [4.78, 5) is 0. The third-order valence-electron chi connectivity index (χ3n) is 2.06. The first-order valence-corrected chi connectivity index (χ1v) is 4.23. The summed E-state index contributed by atoms with van der Waals surface area (Å²) < 4.78 is 10.4. The largest absolute Gasteiger partial charge is 0.496 e. The van der Waals surface area contributed by atoms with E-state index in [-0.39, 0.29) is 6.04 Å². The molecule has 4 heteroatoms. The quantitative estimate of drug-likeness (QED) is 0.540. The lowest BCUT2D eigenvalue weighted by atomic mass is 10.1. The summed E-state index contributed by atoms with van der Waals surface area (Å²) >= 11 is 0. The molecule has 0 saturated carbocycles. The molecule has 0 aromatic carbocycles. The molecule has 70 valence electrons. The first-order valence-electron chi connectivity index (χ1n) is 4.23. The molecule has 4 nitrogen and oxygen atoms in total. The zero-order valence-electron chi connectivity index (χ0n) is 7.19. The maximum Gasteiger partial charge on any atom is 0.115 e. The van der Waals surface area contributed by atoms with E-state index in [4.69, 9.17) is 15.0 Å². The maximum absolute atomic E-state index is 5.43. The molecule has 1 aliphatic heterocycles. The second-order valence-corrected chi connectivity index (χ2v) is 2.90. The van der Waals surface area contributed by atoms with Crippen molar-refractivity contribution in [3.8, 4) is 0 Å². The molecule has 1 unspecified atom stereocenters. The van der Waals surface area contributed by atoms with Gasteiger partial charge >= 0.3 is 0 Å². The lowest BCUT2D eigenvalue weighted by molar-refractivity contribution is 0.215. The Balaban J connectivity index is 2.18. The SMILES string of the molecule is NNC(C1=CCCO1)c1ccoc1. The predicted octanol–water partition coefficient (Wildman–Crippen LogP) is 1.09. The average molecular weight is 180 g/mol. The van der Waals surface area contributed by atoms with Gasteiger partial charge in [0.15, 0.2) is 0 Å². The Bertz CT molecular complexity index is 293. The molecule has 1 aliphatic rings. The molecule has 0 fully saturated rings. The lowest BCUT2D eigenvalue weighted by Gasteiger charge is -2.14. The number of hydrogen-bond acceptors (Lipinski definition) is 4. The number of nitrogens with one attached hydrogen (secondary N) is 1. The molecule has 2 rings (SSSR count). The summed E-state index contributed by atoms with van der Waals surface area (Å²) in [5, 5.41) is 0. The number of hydrazine groups is 1. The van der Waals surface area contributed by atoms with Crippen molar-refractivity contribution in [2.24, 2.45) is 5.84 Å². The smallest absolute Gasteiger partial charge is 0.115 e. The number of furan rings is 1. The molecule has 0 saturated heterocycles. The Morgan fingerprint density at radius 3 is 3.00 bits per heavy atom. The van der Waals surface area contributed by atoms with Crippen molar-refractivity contribution in [3.63, 3.8) is 0 Å². The minimum atomic E-state index is -0.0822. The summed E-state index contributed by atoms with van der Waals surface area (Å²) in [6.07, 6.45) is 6.27. The summed E-state index contributed by atoms with van der Waals surface area (Å²) in [6, 6.07) is 1.79. The van der Waals surface area contributed by atoms with E-state index < -0.39 is 0 Å². The standard InChI is InChI=1S/C9H12N2O2/c10-11-9(7-3-5-12-6-7)8-2-1-4-13-8/h2-3,5-6,9,11H,1,4,10H2. The lowest BCUT2D eigenvalue weighted by Crippen LogP contribution is -2.29. The van der Waals surface area contributed by atoms with Gasteiger partial charge < -0.3 is 9.15 Å². The molecule has 3 N–H and O–H groups in total. The van der Waals surface area contributed by atoms with E-state index in [1.807, 2.05) is 12.1 Å². The van der Waals surface area contributed by atoms with E-state index >= 15 is 0 Å².